The molecule has 1 unspecified atom stereocenters. The van der Waals surface area contributed by atoms with E-state index in [1.807, 2.05) is 0 Å². The molecular weight excluding hydrogens is 793 g/mol. The molecule has 0 aliphatic carbocycles. The lowest BCUT2D eigenvalue weighted by Gasteiger charge is -2.18. The van der Waals surface area contributed by atoms with E-state index in [1.54, 1.807) is 0 Å². The summed E-state index contributed by atoms with van der Waals surface area (Å²) in [7, 11) is 0. The number of ether oxygens (including phenoxy) is 3. The summed E-state index contributed by atoms with van der Waals surface area (Å²) in [4.78, 5) is 38.0. The molecule has 0 spiro atoms. The third kappa shape index (κ3) is 51.1. The molecule has 0 aliphatic heterocycles. The van der Waals surface area contributed by atoms with Gasteiger partial charge in [0.15, 0.2) is 6.10 Å². The van der Waals surface area contributed by atoms with Gasteiger partial charge in [-0.25, -0.2) is 0 Å². The second-order valence-electron chi connectivity index (χ2n) is 19.6. The number of rotatable bonds is 53. The minimum atomic E-state index is -0.766. The van der Waals surface area contributed by atoms with Crippen LogP contribution in [0.1, 0.15) is 323 Å². The number of unbranched alkanes of at least 4 members (excludes halogenated alkanes) is 40. The molecule has 0 fully saturated rings. The van der Waals surface area contributed by atoms with Gasteiger partial charge in [-0.1, -0.05) is 277 Å². The monoisotopic (exact) mass is 903 g/mol. The van der Waals surface area contributed by atoms with Gasteiger partial charge in [-0.2, -0.15) is 0 Å². The van der Waals surface area contributed by atoms with Gasteiger partial charge in [0.05, 0.1) is 0 Å². The molecule has 0 aromatic rings. The van der Waals surface area contributed by atoms with Crippen LogP contribution in [0.25, 0.3) is 0 Å². The lowest BCUT2D eigenvalue weighted by atomic mass is 10.0. The van der Waals surface area contributed by atoms with Crippen LogP contribution in [-0.4, -0.2) is 37.2 Å². The average molecular weight is 904 g/mol. The summed E-state index contributed by atoms with van der Waals surface area (Å²) in [6, 6.07) is 0. The molecule has 6 heteroatoms. The Balaban J connectivity index is 4.18. The third-order valence-corrected chi connectivity index (χ3v) is 13.0. The Bertz CT molecular complexity index is 993. The van der Waals surface area contributed by atoms with Crippen LogP contribution < -0.4 is 0 Å². The first-order valence-electron chi connectivity index (χ1n) is 28.7. The van der Waals surface area contributed by atoms with Gasteiger partial charge in [0.2, 0.25) is 0 Å². The van der Waals surface area contributed by atoms with Crippen LogP contribution >= 0.6 is 0 Å². The average Bonchev–Trinajstić information content (AvgIpc) is 3.29. The smallest absolute Gasteiger partial charge is 0.306 e. The van der Waals surface area contributed by atoms with Crippen molar-refractivity contribution >= 4 is 17.9 Å². The van der Waals surface area contributed by atoms with Crippen LogP contribution in [0.5, 0.6) is 0 Å². The van der Waals surface area contributed by atoms with Gasteiger partial charge in [-0.15, -0.1) is 0 Å². The molecule has 6 nitrogen and oxygen atoms in total. The van der Waals surface area contributed by atoms with E-state index in [-0.39, 0.29) is 31.1 Å². The van der Waals surface area contributed by atoms with E-state index in [2.05, 4.69) is 32.9 Å². The lowest BCUT2D eigenvalue weighted by molar-refractivity contribution is -0.167. The highest BCUT2D eigenvalue weighted by Crippen LogP contribution is 2.17. The van der Waals surface area contributed by atoms with Crippen molar-refractivity contribution in [2.75, 3.05) is 13.2 Å². The summed E-state index contributed by atoms with van der Waals surface area (Å²) in [5.41, 5.74) is 0. The molecular formula is C58H110O6. The molecule has 64 heavy (non-hydrogen) atoms. The first-order chi connectivity index (χ1) is 31.5. The summed E-state index contributed by atoms with van der Waals surface area (Å²) in [6.45, 7) is 6.62. The van der Waals surface area contributed by atoms with E-state index in [0.29, 0.717) is 19.3 Å². The van der Waals surface area contributed by atoms with E-state index in [0.717, 1.165) is 70.6 Å². The molecule has 0 amide bonds. The zero-order chi connectivity index (χ0) is 46.5. The van der Waals surface area contributed by atoms with Gasteiger partial charge in [0.25, 0.3) is 0 Å². The normalized spacial score (nSPS) is 12.0. The van der Waals surface area contributed by atoms with Gasteiger partial charge in [-0.3, -0.25) is 14.4 Å². The molecule has 0 bridgehead atoms. The molecule has 0 saturated heterocycles. The fraction of sp³-hybridized carbons (Fsp3) is 0.914. The van der Waals surface area contributed by atoms with Gasteiger partial charge in [0, 0.05) is 19.3 Å². The standard InChI is InChI=1S/C58H110O6/c1-4-7-10-13-16-19-22-24-26-27-28-29-30-31-32-33-35-36-39-42-45-48-51-57(60)63-54-55(53-62-56(59)50-47-44-41-38-21-18-15-12-9-6-3)64-58(61)52-49-46-43-40-37-34-25-23-20-17-14-11-8-5-2/h12,15,55H,4-11,13-14,16-54H2,1-3H3/b15-12-. The van der Waals surface area contributed by atoms with Crippen molar-refractivity contribution in [1.29, 1.82) is 0 Å². The summed E-state index contributed by atoms with van der Waals surface area (Å²) in [5, 5.41) is 0. The van der Waals surface area contributed by atoms with Gasteiger partial charge < -0.3 is 14.2 Å². The van der Waals surface area contributed by atoms with Crippen LogP contribution in [-0.2, 0) is 28.6 Å². The maximum atomic E-state index is 12.8. The van der Waals surface area contributed by atoms with Crippen molar-refractivity contribution < 1.29 is 28.6 Å². The topological polar surface area (TPSA) is 78.9 Å². The van der Waals surface area contributed by atoms with Crippen molar-refractivity contribution in [2.45, 2.75) is 329 Å². The second-order valence-corrected chi connectivity index (χ2v) is 19.6. The highest BCUT2D eigenvalue weighted by molar-refractivity contribution is 5.71. The Morgan fingerprint density at radius 1 is 0.297 bits per heavy atom. The first-order valence-corrected chi connectivity index (χ1v) is 28.7. The molecule has 0 aromatic heterocycles. The molecule has 378 valence electrons. The summed E-state index contributed by atoms with van der Waals surface area (Å²) in [6.07, 6.45) is 60.7. The van der Waals surface area contributed by atoms with E-state index in [4.69, 9.17) is 14.2 Å². The fourth-order valence-electron chi connectivity index (χ4n) is 8.68. The first kappa shape index (κ1) is 62.1. The second kappa shape index (κ2) is 53.8. The predicted molar refractivity (Wildman–Crippen MR) is 275 cm³/mol. The molecule has 0 N–H and O–H groups in total. The largest absolute Gasteiger partial charge is 0.462 e. The van der Waals surface area contributed by atoms with Gasteiger partial charge >= 0.3 is 17.9 Å². The van der Waals surface area contributed by atoms with Crippen LogP contribution in [0, 0.1) is 0 Å². The molecule has 0 heterocycles. The predicted octanol–water partition coefficient (Wildman–Crippen LogP) is 18.9. The molecule has 1 atom stereocenters. The van der Waals surface area contributed by atoms with Gasteiger partial charge in [-0.05, 0) is 38.5 Å². The van der Waals surface area contributed by atoms with E-state index in [9.17, 15) is 14.4 Å². The summed E-state index contributed by atoms with van der Waals surface area (Å²) in [5.74, 6) is -0.856. The maximum absolute atomic E-state index is 12.8. The van der Waals surface area contributed by atoms with E-state index in [1.165, 1.54) is 212 Å². The highest BCUT2D eigenvalue weighted by atomic mass is 16.6. The molecule has 0 saturated carbocycles. The number of allylic oxidation sites excluding steroid dienone is 2. The van der Waals surface area contributed by atoms with E-state index >= 15 is 0 Å². The number of esters is 3. The Kier molecular flexibility index (Phi) is 52.2. The van der Waals surface area contributed by atoms with Crippen molar-refractivity contribution in [3.05, 3.63) is 12.2 Å². The third-order valence-electron chi connectivity index (χ3n) is 13.0. The van der Waals surface area contributed by atoms with E-state index < -0.39 is 6.10 Å². The molecule has 0 rings (SSSR count). The minimum Gasteiger partial charge on any atom is -0.462 e. The minimum absolute atomic E-state index is 0.0669. The molecule has 0 radical (unpaired) electrons. The number of carbonyl (C=O) groups is 3. The number of hydrogen-bond acceptors (Lipinski definition) is 6. The Morgan fingerprint density at radius 3 is 0.844 bits per heavy atom. The number of hydrogen-bond donors (Lipinski definition) is 0. The Morgan fingerprint density at radius 2 is 0.547 bits per heavy atom. The van der Waals surface area contributed by atoms with Crippen molar-refractivity contribution in [2.24, 2.45) is 0 Å². The van der Waals surface area contributed by atoms with Crippen LogP contribution in [0.2, 0.25) is 0 Å². The van der Waals surface area contributed by atoms with Gasteiger partial charge in [0.1, 0.15) is 13.2 Å². The van der Waals surface area contributed by atoms with Crippen molar-refractivity contribution in [3.8, 4) is 0 Å². The summed E-state index contributed by atoms with van der Waals surface area (Å²) < 4.78 is 16.8. The molecule has 0 aliphatic rings. The van der Waals surface area contributed by atoms with Crippen molar-refractivity contribution in [1.82, 2.24) is 0 Å². The summed E-state index contributed by atoms with van der Waals surface area (Å²) >= 11 is 0. The SMILES string of the molecule is CCC/C=C\CCCCCCCC(=O)OCC(COC(=O)CCCCCCCCCCCCCCCCCCCCCCCC)OC(=O)CCCCCCCCCCCCCCCC. The van der Waals surface area contributed by atoms with Crippen LogP contribution in [0.3, 0.4) is 0 Å². The Hall–Kier alpha value is -1.85. The quantitative estimate of drug-likeness (QED) is 0.0262. The highest BCUT2D eigenvalue weighted by Gasteiger charge is 2.19. The molecule has 0 aromatic carbocycles. The van der Waals surface area contributed by atoms with Crippen LogP contribution in [0.15, 0.2) is 12.2 Å². The van der Waals surface area contributed by atoms with Crippen molar-refractivity contribution in [3.63, 3.8) is 0 Å². The zero-order valence-electron chi connectivity index (χ0n) is 43.3. The van der Waals surface area contributed by atoms with Crippen LogP contribution in [0.4, 0.5) is 0 Å². The number of carbonyl (C=O) groups excluding carboxylic acids is 3. The fourth-order valence-corrected chi connectivity index (χ4v) is 8.68. The Labute approximate surface area is 399 Å². The maximum Gasteiger partial charge on any atom is 0.306 e. The zero-order valence-corrected chi connectivity index (χ0v) is 43.3. The lowest BCUT2D eigenvalue weighted by Crippen LogP contribution is -2.30.